The molecule has 41 heavy (non-hydrogen) atoms. The summed E-state index contributed by atoms with van der Waals surface area (Å²) in [6.45, 7) is 5.73. The van der Waals surface area contributed by atoms with Gasteiger partial charge in [0.05, 0.1) is 19.0 Å². The van der Waals surface area contributed by atoms with Gasteiger partial charge in [-0.15, -0.1) is 0 Å². The molecule has 0 saturated carbocycles. The molecule has 1 aromatic carbocycles. The molecule has 2 unspecified atom stereocenters. The maximum atomic E-state index is 13.8. The van der Waals surface area contributed by atoms with E-state index in [2.05, 4.69) is 20.0 Å². The number of nitrogens with zero attached hydrogens (tertiary/aromatic N) is 5. The summed E-state index contributed by atoms with van der Waals surface area (Å²) in [7, 11) is -0.703. The Morgan fingerprint density at radius 3 is 2.59 bits per heavy atom. The minimum atomic E-state index is -4.24. The number of fused-ring (bicyclic) bond motifs is 1. The molecule has 1 aliphatic heterocycles. The fraction of sp³-hybridized carbons (Fsp3) is 0.520. The summed E-state index contributed by atoms with van der Waals surface area (Å²) in [6.07, 6.45) is -2.84. The van der Waals surface area contributed by atoms with Crippen molar-refractivity contribution < 1.29 is 38.1 Å². The number of rotatable bonds is 11. The quantitative estimate of drug-likeness (QED) is 0.185. The van der Waals surface area contributed by atoms with Gasteiger partial charge >= 0.3 is 13.7 Å². The summed E-state index contributed by atoms with van der Waals surface area (Å²) in [5.74, 6) is -0.00827. The molecule has 0 aliphatic carbocycles. The number of nitrogens with two attached hydrogens (primary N) is 1. The lowest BCUT2D eigenvalue weighted by Gasteiger charge is -2.27. The molecule has 16 heteroatoms. The van der Waals surface area contributed by atoms with Gasteiger partial charge in [0, 0.05) is 14.1 Å². The number of carbonyl (C=O) groups is 1. The standard InChI is InChI=1S/C25H36N7O8P/c1-14(2)38-22(34)15(3)30-41(36,40-16-10-8-7-9-11-16)37-12-17-19(33)25(4,35)23(39-17)32-13-27-18-20(31(5)6)28-24(26)29-21(18)32/h7-11,13-15,17,19,23,33,35H,12H2,1-6H3,(H,30,36)(H2,26,28,29)/t15-,17+,19?,23+,25+,41?/m0/s1. The van der Waals surface area contributed by atoms with Crippen molar-refractivity contribution in [2.75, 3.05) is 31.3 Å². The number of aromatic nitrogens is 4. The predicted molar refractivity (Wildman–Crippen MR) is 149 cm³/mol. The smallest absolute Gasteiger partial charge is 0.459 e. The number of aliphatic hydroxyl groups excluding tert-OH is 1. The average molecular weight is 594 g/mol. The van der Waals surface area contributed by atoms with Crippen molar-refractivity contribution in [3.63, 3.8) is 0 Å². The van der Waals surface area contributed by atoms with Crippen LogP contribution in [0.15, 0.2) is 36.7 Å². The molecule has 224 valence electrons. The van der Waals surface area contributed by atoms with Crippen molar-refractivity contribution in [2.24, 2.45) is 0 Å². The van der Waals surface area contributed by atoms with E-state index in [9.17, 15) is 19.6 Å². The van der Waals surface area contributed by atoms with E-state index in [1.165, 1.54) is 24.7 Å². The van der Waals surface area contributed by atoms with Crippen molar-refractivity contribution >= 4 is 36.6 Å². The Bertz CT molecular complexity index is 1420. The second-order valence-corrected chi connectivity index (χ2v) is 12.0. The van der Waals surface area contributed by atoms with Crippen LogP contribution >= 0.6 is 7.75 Å². The molecule has 0 spiro atoms. The molecule has 0 bridgehead atoms. The third-order valence-electron chi connectivity index (χ3n) is 6.29. The van der Waals surface area contributed by atoms with E-state index in [1.807, 2.05) is 0 Å². The number of nitrogen functional groups attached to an aromatic ring is 1. The second-order valence-electron chi connectivity index (χ2n) is 10.4. The van der Waals surface area contributed by atoms with Crippen molar-refractivity contribution in [1.29, 1.82) is 0 Å². The number of nitrogens with one attached hydrogen (secondary N) is 1. The van der Waals surface area contributed by atoms with Crippen LogP contribution in [-0.2, 0) is 23.4 Å². The van der Waals surface area contributed by atoms with Gasteiger partial charge in [0.15, 0.2) is 23.2 Å². The van der Waals surface area contributed by atoms with Crippen molar-refractivity contribution in [1.82, 2.24) is 24.6 Å². The Morgan fingerprint density at radius 1 is 1.27 bits per heavy atom. The van der Waals surface area contributed by atoms with Gasteiger partial charge in [0.1, 0.15) is 29.6 Å². The predicted octanol–water partition coefficient (Wildman–Crippen LogP) is 1.62. The molecular formula is C25H36N7O8P. The van der Waals surface area contributed by atoms with Crippen LogP contribution in [0.4, 0.5) is 11.8 Å². The van der Waals surface area contributed by atoms with Gasteiger partial charge in [0.2, 0.25) is 5.95 Å². The summed E-state index contributed by atoms with van der Waals surface area (Å²) in [5.41, 5.74) is 4.74. The third kappa shape index (κ3) is 6.61. The number of benzene rings is 1. The van der Waals surface area contributed by atoms with Crippen LogP contribution in [0.25, 0.3) is 11.2 Å². The Balaban J connectivity index is 1.57. The molecule has 1 fully saturated rings. The number of hydrogen-bond donors (Lipinski definition) is 4. The Kier molecular flexibility index (Phi) is 8.87. The van der Waals surface area contributed by atoms with E-state index in [0.717, 1.165) is 0 Å². The first kappa shape index (κ1) is 30.6. The molecule has 3 heterocycles. The number of aliphatic hydroxyl groups is 2. The van der Waals surface area contributed by atoms with Crippen LogP contribution in [0, 0.1) is 0 Å². The lowest BCUT2D eigenvalue weighted by Crippen LogP contribution is -2.44. The summed E-state index contributed by atoms with van der Waals surface area (Å²) in [6, 6.07) is 7.17. The Morgan fingerprint density at radius 2 is 1.95 bits per heavy atom. The molecule has 1 saturated heterocycles. The molecule has 5 N–H and O–H groups in total. The van der Waals surface area contributed by atoms with E-state index in [-0.39, 0.29) is 17.3 Å². The number of anilines is 2. The lowest BCUT2D eigenvalue weighted by atomic mass is 9.96. The normalized spacial score (nSPS) is 24.8. The van der Waals surface area contributed by atoms with Crippen LogP contribution < -0.4 is 20.2 Å². The van der Waals surface area contributed by atoms with Crippen molar-refractivity contribution in [2.45, 2.75) is 63.9 Å². The molecular weight excluding hydrogens is 557 g/mol. The lowest BCUT2D eigenvalue weighted by molar-refractivity contribution is -0.149. The van der Waals surface area contributed by atoms with E-state index < -0.39 is 56.5 Å². The number of imidazole rings is 1. The van der Waals surface area contributed by atoms with E-state index in [4.69, 9.17) is 24.3 Å². The summed E-state index contributed by atoms with van der Waals surface area (Å²) in [5, 5.41) is 24.9. The Labute approximate surface area is 237 Å². The van der Waals surface area contributed by atoms with Crippen molar-refractivity contribution in [3.05, 3.63) is 36.7 Å². The number of hydrogen-bond acceptors (Lipinski definition) is 13. The van der Waals surface area contributed by atoms with E-state index in [0.29, 0.717) is 11.3 Å². The monoisotopic (exact) mass is 593 g/mol. The SMILES string of the molecule is CC(C)OC(=O)[C@H](C)NP(=O)(OC[C@H]1O[C@@H](n2cnc3c(N(C)C)nc(N)nc32)[C@](C)(O)C1O)Oc1ccccc1. The zero-order valence-electron chi connectivity index (χ0n) is 23.7. The third-order valence-corrected chi connectivity index (χ3v) is 7.93. The topological polar surface area (TPSA) is 196 Å². The first-order valence-electron chi connectivity index (χ1n) is 12.9. The summed E-state index contributed by atoms with van der Waals surface area (Å²) >= 11 is 0. The van der Waals surface area contributed by atoms with Gasteiger partial charge in [-0.2, -0.15) is 15.1 Å². The number of para-hydroxylation sites is 1. The number of carbonyl (C=O) groups excluding carboxylic acids is 1. The minimum Gasteiger partial charge on any atom is -0.462 e. The fourth-order valence-electron chi connectivity index (χ4n) is 4.29. The maximum Gasteiger partial charge on any atom is 0.459 e. The number of esters is 1. The largest absolute Gasteiger partial charge is 0.462 e. The van der Waals surface area contributed by atoms with Gasteiger partial charge in [-0.1, -0.05) is 18.2 Å². The van der Waals surface area contributed by atoms with E-state index >= 15 is 0 Å². The Hall–Kier alpha value is -3.33. The highest BCUT2D eigenvalue weighted by Crippen LogP contribution is 2.47. The number of ether oxygens (including phenoxy) is 2. The highest BCUT2D eigenvalue weighted by molar-refractivity contribution is 7.52. The molecule has 0 radical (unpaired) electrons. The van der Waals surface area contributed by atoms with Crippen LogP contribution in [0.1, 0.15) is 33.9 Å². The second kappa shape index (κ2) is 11.9. The van der Waals surface area contributed by atoms with E-state index in [1.54, 1.807) is 63.2 Å². The highest BCUT2D eigenvalue weighted by atomic mass is 31.2. The van der Waals surface area contributed by atoms with Crippen LogP contribution in [0.3, 0.4) is 0 Å². The van der Waals surface area contributed by atoms with Crippen LogP contribution in [0.2, 0.25) is 0 Å². The maximum absolute atomic E-state index is 13.8. The zero-order chi connectivity index (χ0) is 30.1. The van der Waals surface area contributed by atoms with Gasteiger partial charge in [-0.25, -0.2) is 9.55 Å². The van der Waals surface area contributed by atoms with Gasteiger partial charge in [-0.05, 0) is 39.8 Å². The first-order chi connectivity index (χ1) is 19.2. The fourth-order valence-corrected chi connectivity index (χ4v) is 5.79. The minimum absolute atomic E-state index is 0.0174. The van der Waals surface area contributed by atoms with Crippen LogP contribution in [0.5, 0.6) is 5.75 Å². The molecule has 2 aromatic heterocycles. The molecule has 4 rings (SSSR count). The zero-order valence-corrected chi connectivity index (χ0v) is 24.6. The summed E-state index contributed by atoms with van der Waals surface area (Å²) < 4.78 is 37.8. The molecule has 6 atom stereocenters. The van der Waals surface area contributed by atoms with Gasteiger partial charge < -0.3 is 34.8 Å². The molecule has 3 aromatic rings. The first-order valence-corrected chi connectivity index (χ1v) is 14.5. The van der Waals surface area contributed by atoms with Gasteiger partial charge in [0.25, 0.3) is 0 Å². The van der Waals surface area contributed by atoms with Gasteiger partial charge in [-0.3, -0.25) is 13.9 Å². The molecule has 15 nitrogen and oxygen atoms in total. The molecule has 0 amide bonds. The average Bonchev–Trinajstić information content (AvgIpc) is 3.40. The molecule has 1 aliphatic rings. The summed E-state index contributed by atoms with van der Waals surface area (Å²) in [4.78, 5) is 27.0. The van der Waals surface area contributed by atoms with Crippen molar-refractivity contribution in [3.8, 4) is 5.75 Å². The van der Waals surface area contributed by atoms with Crippen LogP contribution in [-0.4, -0.2) is 86.4 Å². The highest BCUT2D eigenvalue weighted by Gasteiger charge is 2.54.